The fraction of sp³-hybridized carbons (Fsp3) is 0.574. The second-order valence-corrected chi connectivity index (χ2v) is 15.5. The zero-order valence-electron chi connectivity index (χ0n) is 34.3. The summed E-state index contributed by atoms with van der Waals surface area (Å²) in [5.41, 5.74) is 11.0. The number of para-hydroxylation sites is 2. The molecular weight excluding hydrogens is 701 g/mol. The van der Waals surface area contributed by atoms with Crippen LogP contribution < -0.4 is 16.4 Å². The van der Waals surface area contributed by atoms with Crippen LogP contribution in [0.2, 0.25) is 0 Å². The molecule has 56 heavy (non-hydrogen) atoms. The van der Waals surface area contributed by atoms with Crippen LogP contribution in [0, 0.1) is 0 Å². The van der Waals surface area contributed by atoms with Crippen molar-refractivity contribution in [2.24, 2.45) is 0 Å². The number of amides is 2. The predicted octanol–water partition coefficient (Wildman–Crippen LogP) is 10.1. The van der Waals surface area contributed by atoms with Gasteiger partial charge in [-0.25, -0.2) is 0 Å². The van der Waals surface area contributed by atoms with Gasteiger partial charge in [0, 0.05) is 37.9 Å². The third-order valence-corrected chi connectivity index (χ3v) is 10.8. The number of hydrogen-bond acceptors (Lipinski definition) is 7. The van der Waals surface area contributed by atoms with Crippen LogP contribution in [0.1, 0.15) is 158 Å². The number of carbonyl (C=O) groups is 2. The molecule has 308 valence electrons. The molecule has 3 atom stereocenters. The molecule has 2 amide bonds. The van der Waals surface area contributed by atoms with Gasteiger partial charge < -0.3 is 35.8 Å². The Bertz CT molecular complexity index is 1520. The van der Waals surface area contributed by atoms with Crippen LogP contribution in [0.5, 0.6) is 0 Å². The lowest BCUT2D eigenvalue weighted by atomic mass is 9.99. The molecule has 0 unspecified atom stereocenters. The SMILES string of the molecule is CCCCCCCCN(CCCCCCCC)C[C@H]1C[C@@H](c2ccc(CO)cc2)O[C@@H](c2ccc(CNC(=O)CCCCC(=O)Nc3ccccc3N)cc2)O1. The number of aliphatic hydroxyl groups is 1. The van der Waals surface area contributed by atoms with E-state index < -0.39 is 6.29 Å². The summed E-state index contributed by atoms with van der Waals surface area (Å²) in [6, 6.07) is 23.4. The Hall–Kier alpha value is -3.76. The van der Waals surface area contributed by atoms with Crippen LogP contribution in [0.4, 0.5) is 11.4 Å². The van der Waals surface area contributed by atoms with Crippen molar-refractivity contribution in [2.75, 3.05) is 30.7 Å². The lowest BCUT2D eigenvalue weighted by molar-refractivity contribution is -0.253. The average Bonchev–Trinajstić information content (AvgIpc) is 3.22. The Kier molecular flexibility index (Phi) is 21.0. The highest BCUT2D eigenvalue weighted by atomic mass is 16.7. The summed E-state index contributed by atoms with van der Waals surface area (Å²) in [4.78, 5) is 27.5. The number of nitrogens with one attached hydrogen (secondary N) is 2. The lowest BCUT2D eigenvalue weighted by Crippen LogP contribution is -2.40. The van der Waals surface area contributed by atoms with E-state index in [1.54, 1.807) is 12.1 Å². The zero-order valence-corrected chi connectivity index (χ0v) is 34.3. The summed E-state index contributed by atoms with van der Waals surface area (Å²) >= 11 is 0. The van der Waals surface area contributed by atoms with Gasteiger partial charge in [0.1, 0.15) is 0 Å². The summed E-state index contributed by atoms with van der Waals surface area (Å²) in [5.74, 6) is -0.143. The number of nitrogens with zero attached hydrogens (tertiary/aromatic N) is 1. The molecule has 3 aromatic carbocycles. The quantitative estimate of drug-likeness (QED) is 0.0449. The van der Waals surface area contributed by atoms with Crippen LogP contribution in [-0.4, -0.2) is 47.6 Å². The van der Waals surface area contributed by atoms with Gasteiger partial charge in [0.05, 0.1) is 30.2 Å². The molecule has 0 bridgehead atoms. The number of unbranched alkanes of at least 4 members (excludes halogenated alkanes) is 11. The first-order chi connectivity index (χ1) is 27.4. The number of ether oxygens (including phenoxy) is 2. The van der Waals surface area contributed by atoms with Crippen molar-refractivity contribution in [3.63, 3.8) is 0 Å². The van der Waals surface area contributed by atoms with Crippen molar-refractivity contribution in [2.45, 2.75) is 155 Å². The van der Waals surface area contributed by atoms with Gasteiger partial charge in [-0.1, -0.05) is 139 Å². The fourth-order valence-corrected chi connectivity index (χ4v) is 7.32. The first kappa shape index (κ1) is 44.9. The normalized spacial score (nSPS) is 16.9. The molecule has 0 spiro atoms. The Labute approximate surface area is 337 Å². The number of nitrogens with two attached hydrogens (primary N) is 1. The molecule has 1 aliphatic rings. The summed E-state index contributed by atoms with van der Waals surface area (Å²) < 4.78 is 13.4. The zero-order chi connectivity index (χ0) is 39.8. The molecular formula is C47H70N4O5. The van der Waals surface area contributed by atoms with Crippen LogP contribution in [0.25, 0.3) is 0 Å². The molecule has 5 N–H and O–H groups in total. The van der Waals surface area contributed by atoms with E-state index in [1.807, 2.05) is 48.5 Å². The van der Waals surface area contributed by atoms with E-state index in [4.69, 9.17) is 15.2 Å². The number of anilines is 2. The molecule has 0 aliphatic carbocycles. The van der Waals surface area contributed by atoms with Gasteiger partial charge >= 0.3 is 0 Å². The summed E-state index contributed by atoms with van der Waals surface area (Å²) in [6.45, 7) is 8.06. The number of rotatable bonds is 27. The minimum Gasteiger partial charge on any atom is -0.397 e. The topological polar surface area (TPSA) is 126 Å². The molecule has 1 saturated heterocycles. The fourth-order valence-electron chi connectivity index (χ4n) is 7.32. The third kappa shape index (κ3) is 16.8. The van der Waals surface area contributed by atoms with Crippen molar-refractivity contribution in [1.29, 1.82) is 0 Å². The predicted molar refractivity (Wildman–Crippen MR) is 228 cm³/mol. The van der Waals surface area contributed by atoms with Crippen molar-refractivity contribution in [3.8, 4) is 0 Å². The van der Waals surface area contributed by atoms with E-state index in [0.29, 0.717) is 43.6 Å². The Morgan fingerprint density at radius 3 is 1.89 bits per heavy atom. The minimum atomic E-state index is -0.514. The highest BCUT2D eigenvalue weighted by Gasteiger charge is 2.33. The highest BCUT2D eigenvalue weighted by molar-refractivity contribution is 5.93. The molecule has 9 heteroatoms. The third-order valence-electron chi connectivity index (χ3n) is 10.8. The van der Waals surface area contributed by atoms with Crippen molar-refractivity contribution in [3.05, 3.63) is 95.1 Å². The minimum absolute atomic E-state index is 0.0120. The van der Waals surface area contributed by atoms with Crippen molar-refractivity contribution >= 4 is 23.2 Å². The van der Waals surface area contributed by atoms with Gasteiger partial charge in [0.2, 0.25) is 11.8 Å². The number of carbonyl (C=O) groups excluding carboxylic acids is 2. The summed E-state index contributed by atoms with van der Waals surface area (Å²) in [6.07, 6.45) is 17.5. The highest BCUT2D eigenvalue weighted by Crippen LogP contribution is 2.38. The van der Waals surface area contributed by atoms with Crippen molar-refractivity contribution in [1.82, 2.24) is 10.2 Å². The van der Waals surface area contributed by atoms with Crippen LogP contribution in [0.15, 0.2) is 72.8 Å². The van der Waals surface area contributed by atoms with Crippen LogP contribution in [-0.2, 0) is 32.2 Å². The van der Waals surface area contributed by atoms with Gasteiger partial charge in [0.15, 0.2) is 6.29 Å². The number of benzene rings is 3. The Balaban J connectivity index is 1.31. The standard InChI is InChI=1S/C47H70N4O5/c1-3-5-7-9-11-17-31-51(32-18-12-10-8-6-4-2)35-41-33-44(39-27-25-38(36-52)26-28-39)56-47(55-41)40-29-23-37(24-30-40)34-49-45(53)21-15-16-22-46(54)50-43-20-14-13-19-42(43)48/h13-14,19-20,23-30,41,44,47,52H,3-12,15-18,21-22,31-36,48H2,1-2H3,(H,49,53)(H,50,54)/t41-,44+,47+/m1/s1. The maximum absolute atomic E-state index is 12.6. The monoisotopic (exact) mass is 771 g/mol. The molecule has 1 heterocycles. The van der Waals surface area contributed by atoms with Gasteiger partial charge in [-0.05, 0) is 67.6 Å². The van der Waals surface area contributed by atoms with E-state index >= 15 is 0 Å². The molecule has 0 saturated carbocycles. The summed E-state index contributed by atoms with van der Waals surface area (Å²) in [7, 11) is 0. The van der Waals surface area contributed by atoms with E-state index in [2.05, 4.69) is 41.5 Å². The molecule has 0 aromatic heterocycles. The Morgan fingerprint density at radius 1 is 0.696 bits per heavy atom. The first-order valence-electron chi connectivity index (χ1n) is 21.6. The number of aliphatic hydroxyl groups excluding tert-OH is 1. The molecule has 1 aliphatic heterocycles. The van der Waals surface area contributed by atoms with E-state index in [1.165, 1.54) is 77.0 Å². The largest absolute Gasteiger partial charge is 0.397 e. The lowest BCUT2D eigenvalue weighted by Gasteiger charge is -2.38. The second-order valence-electron chi connectivity index (χ2n) is 15.5. The molecule has 1 fully saturated rings. The Morgan fingerprint density at radius 2 is 1.27 bits per heavy atom. The van der Waals surface area contributed by atoms with Gasteiger partial charge in [-0.2, -0.15) is 0 Å². The van der Waals surface area contributed by atoms with E-state index in [-0.39, 0.29) is 30.6 Å². The van der Waals surface area contributed by atoms with Gasteiger partial charge in [0.25, 0.3) is 0 Å². The smallest absolute Gasteiger partial charge is 0.224 e. The first-order valence-corrected chi connectivity index (χ1v) is 21.6. The number of nitrogen functional groups attached to an aromatic ring is 1. The van der Waals surface area contributed by atoms with Crippen molar-refractivity contribution < 1.29 is 24.2 Å². The van der Waals surface area contributed by atoms with E-state index in [9.17, 15) is 14.7 Å². The summed E-state index contributed by atoms with van der Waals surface area (Å²) in [5, 5.41) is 15.5. The number of hydrogen-bond donors (Lipinski definition) is 4. The second kappa shape index (κ2) is 26.2. The molecule has 0 radical (unpaired) electrons. The molecule has 3 aromatic rings. The van der Waals surface area contributed by atoms with E-state index in [0.717, 1.165) is 48.3 Å². The van der Waals surface area contributed by atoms with Gasteiger partial charge in [-0.3, -0.25) is 9.59 Å². The maximum Gasteiger partial charge on any atom is 0.224 e. The molecule has 9 nitrogen and oxygen atoms in total. The molecule has 4 rings (SSSR count). The van der Waals surface area contributed by atoms with Crippen LogP contribution in [0.3, 0.4) is 0 Å². The van der Waals surface area contributed by atoms with Crippen LogP contribution >= 0.6 is 0 Å². The van der Waals surface area contributed by atoms with Gasteiger partial charge in [-0.15, -0.1) is 0 Å². The maximum atomic E-state index is 12.6. The average molecular weight is 771 g/mol.